The van der Waals surface area contributed by atoms with Gasteiger partial charge in [0.15, 0.2) is 0 Å². The van der Waals surface area contributed by atoms with Gasteiger partial charge < -0.3 is 10.1 Å². The Morgan fingerprint density at radius 1 is 1.26 bits per heavy atom. The first-order valence-electron chi connectivity index (χ1n) is 7.13. The molecule has 0 saturated carbocycles. The highest BCUT2D eigenvalue weighted by Crippen LogP contribution is 2.31. The summed E-state index contributed by atoms with van der Waals surface area (Å²) in [5.41, 5.74) is 4.25. The number of ether oxygens (including phenoxy) is 1. The molecule has 0 aliphatic carbocycles. The van der Waals surface area contributed by atoms with Gasteiger partial charge in [-0.15, -0.1) is 0 Å². The van der Waals surface area contributed by atoms with Crippen LogP contribution in [0.1, 0.15) is 29.7 Å². The summed E-state index contributed by atoms with van der Waals surface area (Å²) in [5, 5.41) is 6.32. The highest BCUT2D eigenvalue weighted by molar-refractivity contribution is 5.89. The molecule has 2 nitrogen and oxygen atoms in total. The smallest absolute Gasteiger partial charge is 0.0661 e. The summed E-state index contributed by atoms with van der Waals surface area (Å²) < 4.78 is 5.77. The molecule has 0 spiro atoms. The van der Waals surface area contributed by atoms with E-state index in [-0.39, 0.29) is 0 Å². The monoisotopic (exact) mass is 255 g/mol. The largest absolute Gasteiger partial charge is 0.379 e. The Labute approximate surface area is 114 Å². The number of fused-ring (bicyclic) bond motifs is 3. The Bertz CT molecular complexity index is 591. The number of aryl methyl sites for hydroxylation is 1. The summed E-state index contributed by atoms with van der Waals surface area (Å²) in [6.07, 6.45) is 1.01. The summed E-state index contributed by atoms with van der Waals surface area (Å²) in [6.45, 7) is 6.93. The Morgan fingerprint density at radius 2 is 2.05 bits per heavy atom. The van der Waals surface area contributed by atoms with Crippen molar-refractivity contribution in [1.82, 2.24) is 5.32 Å². The third-order valence-corrected chi connectivity index (χ3v) is 4.00. The summed E-state index contributed by atoms with van der Waals surface area (Å²) in [4.78, 5) is 0. The third kappa shape index (κ3) is 2.26. The summed E-state index contributed by atoms with van der Waals surface area (Å²) in [5.74, 6) is 0. The van der Waals surface area contributed by atoms with Crippen LogP contribution in [0, 0.1) is 6.92 Å². The molecule has 0 radical (unpaired) electrons. The van der Waals surface area contributed by atoms with Crippen molar-refractivity contribution in [2.75, 3.05) is 19.8 Å². The third-order valence-electron chi connectivity index (χ3n) is 4.00. The van der Waals surface area contributed by atoms with E-state index >= 15 is 0 Å². The maximum Gasteiger partial charge on any atom is 0.0661 e. The van der Waals surface area contributed by atoms with Gasteiger partial charge in [-0.1, -0.05) is 37.3 Å². The summed E-state index contributed by atoms with van der Waals surface area (Å²) in [6, 6.07) is 11.4. The molecule has 3 rings (SSSR count). The van der Waals surface area contributed by atoms with Crippen LogP contribution in [0.5, 0.6) is 0 Å². The molecule has 0 fully saturated rings. The predicted octanol–water partition coefficient (Wildman–Crippen LogP) is 3.37. The molecule has 1 atom stereocenters. The average molecular weight is 255 g/mol. The van der Waals surface area contributed by atoms with Crippen molar-refractivity contribution in [3.05, 3.63) is 47.0 Å². The predicted molar refractivity (Wildman–Crippen MR) is 79.6 cm³/mol. The van der Waals surface area contributed by atoms with Crippen molar-refractivity contribution in [3.63, 3.8) is 0 Å². The van der Waals surface area contributed by atoms with Crippen molar-refractivity contribution in [2.24, 2.45) is 0 Å². The van der Waals surface area contributed by atoms with Crippen molar-refractivity contribution >= 4 is 10.8 Å². The topological polar surface area (TPSA) is 21.3 Å². The lowest BCUT2D eigenvalue weighted by molar-refractivity contribution is 0.122. The first-order valence-corrected chi connectivity index (χ1v) is 7.13. The van der Waals surface area contributed by atoms with E-state index in [4.69, 9.17) is 4.74 Å². The van der Waals surface area contributed by atoms with Gasteiger partial charge in [0.2, 0.25) is 0 Å². The lowest BCUT2D eigenvalue weighted by Gasteiger charge is -2.20. The summed E-state index contributed by atoms with van der Waals surface area (Å²) >= 11 is 0. The van der Waals surface area contributed by atoms with Crippen LogP contribution in [0.15, 0.2) is 30.3 Å². The van der Waals surface area contributed by atoms with E-state index in [1.54, 1.807) is 0 Å². The van der Waals surface area contributed by atoms with Crippen LogP contribution < -0.4 is 5.32 Å². The Morgan fingerprint density at radius 3 is 2.84 bits per heavy atom. The number of hydrogen-bond donors (Lipinski definition) is 1. The zero-order valence-corrected chi connectivity index (χ0v) is 11.7. The van der Waals surface area contributed by atoms with E-state index < -0.39 is 0 Å². The van der Waals surface area contributed by atoms with Crippen molar-refractivity contribution < 1.29 is 4.74 Å². The van der Waals surface area contributed by atoms with Crippen molar-refractivity contribution in [3.8, 4) is 0 Å². The Hall–Kier alpha value is -1.38. The Kier molecular flexibility index (Phi) is 3.54. The molecular weight excluding hydrogens is 234 g/mol. The van der Waals surface area contributed by atoms with Gasteiger partial charge in [-0.2, -0.15) is 0 Å². The van der Waals surface area contributed by atoms with Crippen molar-refractivity contribution in [2.45, 2.75) is 26.3 Å². The molecule has 1 aliphatic heterocycles. The van der Waals surface area contributed by atoms with Gasteiger partial charge in [-0.05, 0) is 47.4 Å². The number of benzene rings is 2. The minimum absolute atomic E-state index is 0.325. The molecule has 0 aromatic heterocycles. The highest BCUT2D eigenvalue weighted by atomic mass is 16.5. The Balaban J connectivity index is 2.22. The zero-order chi connectivity index (χ0) is 13.2. The second-order valence-corrected chi connectivity index (χ2v) is 5.24. The molecule has 0 amide bonds. The number of rotatable bonds is 2. The number of nitrogens with one attached hydrogen (secondary N) is 1. The molecule has 100 valence electrons. The molecule has 1 unspecified atom stereocenters. The van der Waals surface area contributed by atoms with Crippen LogP contribution in [0.2, 0.25) is 0 Å². The van der Waals surface area contributed by atoms with E-state index in [1.165, 1.54) is 27.5 Å². The van der Waals surface area contributed by atoms with Gasteiger partial charge in [0.05, 0.1) is 19.3 Å². The molecule has 0 bridgehead atoms. The fraction of sp³-hybridized carbons (Fsp3) is 0.412. The lowest BCUT2D eigenvalue weighted by Crippen LogP contribution is -2.25. The SMILES string of the molecule is CCNC1COCCc2c1cc(C)c1ccccc21. The van der Waals surface area contributed by atoms with Crippen molar-refractivity contribution in [1.29, 1.82) is 0 Å². The van der Waals surface area contributed by atoms with Crippen LogP contribution in [0.25, 0.3) is 10.8 Å². The molecule has 19 heavy (non-hydrogen) atoms. The highest BCUT2D eigenvalue weighted by Gasteiger charge is 2.20. The molecule has 2 heteroatoms. The molecule has 1 N–H and O–H groups in total. The normalized spacial score (nSPS) is 19.2. The van der Waals surface area contributed by atoms with E-state index in [1.807, 2.05) is 0 Å². The lowest BCUT2D eigenvalue weighted by atomic mass is 9.90. The zero-order valence-electron chi connectivity index (χ0n) is 11.7. The van der Waals surface area contributed by atoms with Crippen LogP contribution in [-0.2, 0) is 11.2 Å². The fourth-order valence-corrected chi connectivity index (χ4v) is 3.11. The van der Waals surface area contributed by atoms with Crippen LogP contribution in [0.3, 0.4) is 0 Å². The minimum Gasteiger partial charge on any atom is -0.379 e. The van der Waals surface area contributed by atoms with Gasteiger partial charge in [0.25, 0.3) is 0 Å². The number of hydrogen-bond acceptors (Lipinski definition) is 2. The molecular formula is C17H21NO. The molecule has 2 aromatic carbocycles. The van der Waals surface area contributed by atoms with Gasteiger partial charge >= 0.3 is 0 Å². The minimum atomic E-state index is 0.325. The average Bonchev–Trinajstić information content (AvgIpc) is 2.63. The maximum absolute atomic E-state index is 5.77. The van der Waals surface area contributed by atoms with E-state index in [2.05, 4.69) is 49.5 Å². The van der Waals surface area contributed by atoms with Crippen LogP contribution >= 0.6 is 0 Å². The van der Waals surface area contributed by atoms with Gasteiger partial charge in [-0.3, -0.25) is 0 Å². The van der Waals surface area contributed by atoms with E-state index in [0.717, 1.165) is 26.2 Å². The first kappa shape index (κ1) is 12.6. The molecule has 2 aromatic rings. The summed E-state index contributed by atoms with van der Waals surface area (Å²) in [7, 11) is 0. The molecule has 1 heterocycles. The van der Waals surface area contributed by atoms with Crippen LogP contribution in [0.4, 0.5) is 0 Å². The first-order chi connectivity index (χ1) is 9.31. The molecule has 1 aliphatic rings. The van der Waals surface area contributed by atoms with Gasteiger partial charge in [0, 0.05) is 0 Å². The van der Waals surface area contributed by atoms with E-state index in [0.29, 0.717) is 6.04 Å². The van der Waals surface area contributed by atoms with Gasteiger partial charge in [-0.25, -0.2) is 0 Å². The van der Waals surface area contributed by atoms with E-state index in [9.17, 15) is 0 Å². The second-order valence-electron chi connectivity index (χ2n) is 5.24. The molecule has 0 saturated heterocycles. The maximum atomic E-state index is 5.77. The number of likely N-dealkylation sites (N-methyl/N-ethyl adjacent to an activating group) is 1. The fourth-order valence-electron chi connectivity index (χ4n) is 3.11. The van der Waals surface area contributed by atoms with Crippen LogP contribution in [-0.4, -0.2) is 19.8 Å². The second kappa shape index (κ2) is 5.32. The standard InChI is InChI=1S/C17H21NO/c1-3-18-17-11-19-9-8-15-14-7-5-4-6-13(14)12(2)10-16(15)17/h4-7,10,17-18H,3,8-9,11H2,1-2H3. The van der Waals surface area contributed by atoms with Gasteiger partial charge in [0.1, 0.15) is 0 Å². The quantitative estimate of drug-likeness (QED) is 0.888.